The molecule has 0 aliphatic carbocycles. The maximum Gasteiger partial charge on any atom is 0.235 e. The second kappa shape index (κ2) is 4.43. The maximum absolute atomic E-state index is 6.23. The van der Waals surface area contributed by atoms with Gasteiger partial charge in [0.25, 0.3) is 0 Å². The lowest BCUT2D eigenvalue weighted by atomic mass is 10.2. The third kappa shape index (κ3) is 1.75. The SMILES string of the molecule is Clc1ccc2c(Cl)c(Cl)n(-c3ncccn3)c2c1. The summed E-state index contributed by atoms with van der Waals surface area (Å²) in [7, 11) is 0. The van der Waals surface area contributed by atoms with Gasteiger partial charge in [-0.05, 0) is 24.3 Å². The Bertz CT molecular complexity index is 722. The summed E-state index contributed by atoms with van der Waals surface area (Å²) in [6.45, 7) is 0. The molecule has 0 fully saturated rings. The molecule has 0 saturated carbocycles. The highest BCUT2D eigenvalue weighted by molar-refractivity contribution is 6.45. The van der Waals surface area contributed by atoms with Crippen molar-refractivity contribution in [3.8, 4) is 5.95 Å². The summed E-state index contributed by atoms with van der Waals surface area (Å²) < 4.78 is 1.67. The lowest BCUT2D eigenvalue weighted by Gasteiger charge is -2.04. The summed E-state index contributed by atoms with van der Waals surface area (Å²) >= 11 is 18.4. The first-order chi connectivity index (χ1) is 8.68. The van der Waals surface area contributed by atoms with Crippen molar-refractivity contribution in [2.45, 2.75) is 0 Å². The van der Waals surface area contributed by atoms with Gasteiger partial charge in [0.2, 0.25) is 5.95 Å². The second-order valence-corrected chi connectivity index (χ2v) is 4.82. The number of halogens is 3. The number of aromatic nitrogens is 3. The summed E-state index contributed by atoms with van der Waals surface area (Å²) in [5, 5.41) is 2.26. The first-order valence-corrected chi connectivity index (χ1v) is 6.24. The van der Waals surface area contributed by atoms with Gasteiger partial charge in [-0.15, -0.1) is 0 Å². The predicted octanol–water partition coefficient (Wildman–Crippen LogP) is 4.38. The number of hydrogen-bond acceptors (Lipinski definition) is 2. The van der Waals surface area contributed by atoms with Crippen LogP contribution >= 0.6 is 34.8 Å². The molecule has 0 aliphatic heterocycles. The molecule has 0 radical (unpaired) electrons. The van der Waals surface area contributed by atoms with Gasteiger partial charge in [0.1, 0.15) is 5.15 Å². The normalized spacial score (nSPS) is 11.1. The van der Waals surface area contributed by atoms with Gasteiger partial charge in [-0.2, -0.15) is 0 Å². The molecule has 2 heterocycles. The van der Waals surface area contributed by atoms with Crippen LogP contribution in [0, 0.1) is 0 Å². The van der Waals surface area contributed by atoms with Crippen LogP contribution in [0.3, 0.4) is 0 Å². The molecule has 18 heavy (non-hydrogen) atoms. The molecule has 90 valence electrons. The molecule has 3 rings (SSSR count). The highest BCUT2D eigenvalue weighted by atomic mass is 35.5. The second-order valence-electron chi connectivity index (χ2n) is 3.65. The Morgan fingerprint density at radius 3 is 2.44 bits per heavy atom. The number of benzene rings is 1. The molecule has 0 spiro atoms. The zero-order valence-electron chi connectivity index (χ0n) is 8.94. The van der Waals surface area contributed by atoms with E-state index < -0.39 is 0 Å². The lowest BCUT2D eigenvalue weighted by molar-refractivity contribution is 0.963. The molecule has 3 nitrogen and oxygen atoms in total. The predicted molar refractivity (Wildman–Crippen MR) is 73.9 cm³/mol. The molecule has 1 aromatic carbocycles. The summed E-state index contributed by atoms with van der Waals surface area (Å²) in [4.78, 5) is 8.34. The van der Waals surface area contributed by atoms with E-state index in [1.165, 1.54) is 0 Å². The van der Waals surface area contributed by atoms with Crippen molar-refractivity contribution in [2.24, 2.45) is 0 Å². The first-order valence-electron chi connectivity index (χ1n) is 5.11. The van der Waals surface area contributed by atoms with Crippen LogP contribution in [0.25, 0.3) is 16.9 Å². The Morgan fingerprint density at radius 1 is 1.00 bits per heavy atom. The first kappa shape index (κ1) is 11.8. The standard InChI is InChI=1S/C12H6Cl3N3/c13-7-2-3-8-9(6-7)18(11(15)10(8)14)12-16-4-1-5-17-12/h1-6H. The van der Waals surface area contributed by atoms with E-state index >= 15 is 0 Å². The highest BCUT2D eigenvalue weighted by Crippen LogP contribution is 2.36. The molecule has 3 aromatic rings. The Morgan fingerprint density at radius 2 is 1.72 bits per heavy atom. The van der Waals surface area contributed by atoms with E-state index in [0.717, 1.165) is 10.9 Å². The van der Waals surface area contributed by atoms with Crippen LogP contribution in [0.2, 0.25) is 15.2 Å². The lowest BCUT2D eigenvalue weighted by Crippen LogP contribution is -1.99. The third-order valence-electron chi connectivity index (χ3n) is 2.57. The quantitative estimate of drug-likeness (QED) is 0.667. The number of nitrogens with zero attached hydrogens (tertiary/aromatic N) is 3. The van der Waals surface area contributed by atoms with E-state index in [4.69, 9.17) is 34.8 Å². The maximum atomic E-state index is 6.23. The van der Waals surface area contributed by atoms with Crippen molar-refractivity contribution in [3.05, 3.63) is 51.9 Å². The minimum atomic E-state index is 0.375. The van der Waals surface area contributed by atoms with E-state index in [2.05, 4.69) is 9.97 Å². The Hall–Kier alpha value is -1.29. The molecule has 0 N–H and O–H groups in total. The minimum Gasteiger partial charge on any atom is -0.267 e. The average molecular weight is 299 g/mol. The Kier molecular flexibility index (Phi) is 2.90. The summed E-state index contributed by atoms with van der Waals surface area (Å²) in [6, 6.07) is 7.11. The van der Waals surface area contributed by atoms with Crippen LogP contribution in [-0.2, 0) is 0 Å². The summed E-state index contributed by atoms with van der Waals surface area (Å²) in [5.41, 5.74) is 0.781. The number of fused-ring (bicyclic) bond motifs is 1. The van der Waals surface area contributed by atoms with Crippen molar-refractivity contribution in [1.82, 2.24) is 14.5 Å². The highest BCUT2D eigenvalue weighted by Gasteiger charge is 2.16. The van der Waals surface area contributed by atoms with Crippen molar-refractivity contribution in [2.75, 3.05) is 0 Å². The van der Waals surface area contributed by atoms with Crippen LogP contribution in [0.5, 0.6) is 0 Å². The van der Waals surface area contributed by atoms with E-state index in [1.54, 1.807) is 35.2 Å². The Balaban J connectivity index is 2.42. The molecule has 0 atom stereocenters. The molecular weight excluding hydrogens is 293 g/mol. The number of rotatable bonds is 1. The van der Waals surface area contributed by atoms with Gasteiger partial charge >= 0.3 is 0 Å². The molecule has 2 aromatic heterocycles. The van der Waals surface area contributed by atoms with Crippen LogP contribution in [-0.4, -0.2) is 14.5 Å². The number of hydrogen-bond donors (Lipinski definition) is 0. The molecule has 0 aliphatic rings. The molecule has 6 heteroatoms. The van der Waals surface area contributed by atoms with Crippen LogP contribution in [0.4, 0.5) is 0 Å². The van der Waals surface area contributed by atoms with E-state index in [9.17, 15) is 0 Å². The third-order valence-corrected chi connectivity index (χ3v) is 3.64. The molecule has 0 unspecified atom stereocenters. The zero-order valence-corrected chi connectivity index (χ0v) is 11.2. The van der Waals surface area contributed by atoms with Gasteiger partial charge in [-0.1, -0.05) is 34.8 Å². The molecular formula is C12H6Cl3N3. The van der Waals surface area contributed by atoms with E-state index in [-0.39, 0.29) is 0 Å². The monoisotopic (exact) mass is 297 g/mol. The Labute approximate surface area is 118 Å². The van der Waals surface area contributed by atoms with Gasteiger partial charge in [0, 0.05) is 22.8 Å². The van der Waals surface area contributed by atoms with E-state index in [0.29, 0.717) is 21.1 Å². The van der Waals surface area contributed by atoms with Gasteiger partial charge < -0.3 is 0 Å². The zero-order chi connectivity index (χ0) is 12.7. The van der Waals surface area contributed by atoms with Crippen molar-refractivity contribution in [3.63, 3.8) is 0 Å². The molecule has 0 amide bonds. The summed E-state index contributed by atoms with van der Waals surface area (Å²) in [6.07, 6.45) is 3.28. The largest absolute Gasteiger partial charge is 0.267 e. The molecule has 0 bridgehead atoms. The van der Waals surface area contributed by atoms with Crippen molar-refractivity contribution in [1.29, 1.82) is 0 Å². The smallest absolute Gasteiger partial charge is 0.235 e. The fraction of sp³-hybridized carbons (Fsp3) is 0. The average Bonchev–Trinajstić information content (AvgIpc) is 2.63. The van der Waals surface area contributed by atoms with Crippen molar-refractivity contribution < 1.29 is 0 Å². The van der Waals surface area contributed by atoms with Gasteiger partial charge in [-0.3, -0.25) is 4.57 Å². The minimum absolute atomic E-state index is 0.375. The van der Waals surface area contributed by atoms with Crippen LogP contribution in [0.1, 0.15) is 0 Å². The fourth-order valence-corrected chi connectivity index (χ4v) is 2.47. The van der Waals surface area contributed by atoms with Gasteiger partial charge in [-0.25, -0.2) is 9.97 Å². The van der Waals surface area contributed by atoms with Gasteiger partial charge in [0.15, 0.2) is 0 Å². The van der Waals surface area contributed by atoms with Crippen LogP contribution < -0.4 is 0 Å². The topological polar surface area (TPSA) is 30.7 Å². The van der Waals surface area contributed by atoms with E-state index in [1.807, 2.05) is 6.07 Å². The molecule has 0 saturated heterocycles. The summed E-state index contributed by atoms with van der Waals surface area (Å²) in [5.74, 6) is 0.460. The fourth-order valence-electron chi connectivity index (χ4n) is 1.79. The van der Waals surface area contributed by atoms with Crippen molar-refractivity contribution >= 4 is 45.7 Å². The van der Waals surface area contributed by atoms with Gasteiger partial charge in [0.05, 0.1) is 10.5 Å². The van der Waals surface area contributed by atoms with Crippen LogP contribution in [0.15, 0.2) is 36.7 Å².